The van der Waals surface area contributed by atoms with E-state index in [0.717, 1.165) is 48.9 Å². The average molecular weight is 290 g/mol. The van der Waals surface area contributed by atoms with E-state index in [1.54, 1.807) is 0 Å². The molecule has 2 rings (SSSR count). The van der Waals surface area contributed by atoms with Gasteiger partial charge in [-0.1, -0.05) is 13.8 Å². The van der Waals surface area contributed by atoms with Gasteiger partial charge in [-0.15, -0.1) is 0 Å². The zero-order valence-electron chi connectivity index (χ0n) is 14.2. The molecule has 1 aromatic rings. The summed E-state index contributed by atoms with van der Waals surface area (Å²) >= 11 is 0. The van der Waals surface area contributed by atoms with Crippen LogP contribution in [0.3, 0.4) is 0 Å². The zero-order chi connectivity index (χ0) is 15.4. The van der Waals surface area contributed by atoms with Gasteiger partial charge in [-0.2, -0.15) is 0 Å². The Bertz CT molecular complexity index is 470. The van der Waals surface area contributed by atoms with Crippen molar-refractivity contribution < 1.29 is 0 Å². The second-order valence-electron chi connectivity index (χ2n) is 6.52. The van der Waals surface area contributed by atoms with Crippen molar-refractivity contribution >= 4 is 11.6 Å². The Kier molecular flexibility index (Phi) is 5.43. The van der Waals surface area contributed by atoms with Crippen molar-refractivity contribution in [2.24, 2.45) is 11.8 Å². The Hall–Kier alpha value is -1.32. The maximum absolute atomic E-state index is 4.73. The minimum Gasteiger partial charge on any atom is -0.370 e. The van der Waals surface area contributed by atoms with Gasteiger partial charge in [-0.25, -0.2) is 9.97 Å². The van der Waals surface area contributed by atoms with Crippen molar-refractivity contribution in [3.05, 3.63) is 11.4 Å². The van der Waals surface area contributed by atoms with Crippen LogP contribution in [0.1, 0.15) is 51.4 Å². The number of aromatic nitrogens is 2. The van der Waals surface area contributed by atoms with Crippen molar-refractivity contribution in [1.82, 2.24) is 9.97 Å². The van der Waals surface area contributed by atoms with Gasteiger partial charge in [0.2, 0.25) is 0 Å². The predicted molar refractivity (Wildman–Crippen MR) is 90.1 cm³/mol. The van der Waals surface area contributed by atoms with E-state index in [0.29, 0.717) is 0 Å². The molecule has 1 unspecified atom stereocenters. The molecule has 0 saturated carbocycles. The van der Waals surface area contributed by atoms with Crippen LogP contribution in [0, 0.1) is 25.7 Å². The molecule has 1 fully saturated rings. The van der Waals surface area contributed by atoms with Crippen LogP contribution in [0.25, 0.3) is 0 Å². The van der Waals surface area contributed by atoms with Crippen molar-refractivity contribution in [2.75, 3.05) is 29.9 Å². The van der Waals surface area contributed by atoms with E-state index in [2.05, 4.69) is 42.9 Å². The molecule has 2 heterocycles. The van der Waals surface area contributed by atoms with E-state index < -0.39 is 0 Å². The lowest BCUT2D eigenvalue weighted by molar-refractivity contribution is 0.351. The number of nitrogens with zero attached hydrogens (tertiary/aromatic N) is 3. The van der Waals surface area contributed by atoms with E-state index >= 15 is 0 Å². The van der Waals surface area contributed by atoms with Gasteiger partial charge in [0, 0.05) is 25.2 Å². The second-order valence-corrected chi connectivity index (χ2v) is 6.52. The number of aryl methyl sites for hydroxylation is 1. The summed E-state index contributed by atoms with van der Waals surface area (Å²) in [5.74, 6) is 4.62. The second kappa shape index (κ2) is 7.10. The van der Waals surface area contributed by atoms with Gasteiger partial charge in [-0.3, -0.25) is 0 Å². The summed E-state index contributed by atoms with van der Waals surface area (Å²) < 4.78 is 0. The summed E-state index contributed by atoms with van der Waals surface area (Å²) in [7, 11) is 0. The van der Waals surface area contributed by atoms with Gasteiger partial charge in [0.05, 0.1) is 0 Å². The molecule has 0 radical (unpaired) electrons. The van der Waals surface area contributed by atoms with E-state index in [4.69, 9.17) is 4.98 Å². The van der Waals surface area contributed by atoms with Crippen LogP contribution in [-0.2, 0) is 0 Å². The van der Waals surface area contributed by atoms with Crippen LogP contribution in [0.5, 0.6) is 0 Å². The lowest BCUT2D eigenvalue weighted by atomic mass is 9.89. The number of hydrogen-bond donors (Lipinski definition) is 1. The van der Waals surface area contributed by atoms with Crippen molar-refractivity contribution in [3.8, 4) is 0 Å². The predicted octanol–water partition coefficient (Wildman–Crippen LogP) is 3.79. The molecule has 1 N–H and O–H groups in total. The minimum atomic E-state index is 0.788. The van der Waals surface area contributed by atoms with Gasteiger partial charge < -0.3 is 10.2 Å². The molecule has 4 heteroatoms. The van der Waals surface area contributed by atoms with Crippen LogP contribution >= 0.6 is 0 Å². The van der Waals surface area contributed by atoms with Crippen LogP contribution in [0.15, 0.2) is 0 Å². The Balaban J connectivity index is 2.21. The normalized spacial score (nSPS) is 19.7. The molecule has 1 aromatic heterocycles. The molecule has 118 valence electrons. The molecule has 21 heavy (non-hydrogen) atoms. The molecular formula is C17H30N4. The summed E-state index contributed by atoms with van der Waals surface area (Å²) in [6.07, 6.45) is 3.88. The summed E-state index contributed by atoms with van der Waals surface area (Å²) in [6, 6.07) is 0. The first-order chi connectivity index (χ1) is 10.0. The standard InChI is InChI=1S/C17H30N4/c1-6-18-16-13(4)17(20-14(5)19-16)21-10-7-8-15(9-11-21)12(2)3/h12,15H,6-11H2,1-5H3,(H,18,19,20). The van der Waals surface area contributed by atoms with Gasteiger partial charge >= 0.3 is 0 Å². The number of hydrogen-bond acceptors (Lipinski definition) is 4. The van der Waals surface area contributed by atoms with Crippen LogP contribution in [0.2, 0.25) is 0 Å². The molecule has 1 aliphatic rings. The Morgan fingerprint density at radius 2 is 1.95 bits per heavy atom. The maximum atomic E-state index is 4.73. The monoisotopic (exact) mass is 290 g/mol. The lowest BCUT2D eigenvalue weighted by Crippen LogP contribution is -2.27. The van der Waals surface area contributed by atoms with Gasteiger partial charge in [0.25, 0.3) is 0 Å². The molecule has 0 spiro atoms. The van der Waals surface area contributed by atoms with Crippen molar-refractivity contribution in [3.63, 3.8) is 0 Å². The molecule has 1 atom stereocenters. The van der Waals surface area contributed by atoms with E-state index in [1.807, 2.05) is 6.92 Å². The Labute approximate surface area is 129 Å². The summed E-state index contributed by atoms with van der Waals surface area (Å²) in [6.45, 7) is 14.1. The molecule has 0 bridgehead atoms. The average Bonchev–Trinajstić information content (AvgIpc) is 2.68. The topological polar surface area (TPSA) is 41.1 Å². The molecular weight excluding hydrogens is 260 g/mol. The summed E-state index contributed by atoms with van der Waals surface area (Å²) in [5, 5.41) is 3.36. The molecule has 1 saturated heterocycles. The maximum Gasteiger partial charge on any atom is 0.137 e. The largest absolute Gasteiger partial charge is 0.370 e. The fourth-order valence-electron chi connectivity index (χ4n) is 3.26. The third kappa shape index (κ3) is 3.86. The Morgan fingerprint density at radius 1 is 1.19 bits per heavy atom. The molecule has 0 aliphatic carbocycles. The van der Waals surface area contributed by atoms with Crippen molar-refractivity contribution in [1.29, 1.82) is 0 Å². The highest BCUT2D eigenvalue weighted by Gasteiger charge is 2.22. The SMILES string of the molecule is CCNc1nc(C)nc(N2CCCC(C(C)C)CC2)c1C. The third-order valence-electron chi connectivity index (χ3n) is 4.59. The fourth-order valence-corrected chi connectivity index (χ4v) is 3.26. The number of nitrogens with one attached hydrogen (secondary N) is 1. The quantitative estimate of drug-likeness (QED) is 0.916. The first-order valence-corrected chi connectivity index (χ1v) is 8.37. The Morgan fingerprint density at radius 3 is 2.62 bits per heavy atom. The first kappa shape index (κ1) is 16.1. The van der Waals surface area contributed by atoms with Crippen LogP contribution < -0.4 is 10.2 Å². The van der Waals surface area contributed by atoms with E-state index in [9.17, 15) is 0 Å². The van der Waals surface area contributed by atoms with E-state index in [1.165, 1.54) is 24.8 Å². The highest BCUT2D eigenvalue weighted by atomic mass is 15.2. The van der Waals surface area contributed by atoms with Crippen LogP contribution in [0.4, 0.5) is 11.6 Å². The molecule has 0 aromatic carbocycles. The molecule has 0 amide bonds. The highest BCUT2D eigenvalue weighted by molar-refractivity contribution is 5.58. The van der Waals surface area contributed by atoms with Crippen molar-refractivity contribution in [2.45, 2.75) is 53.9 Å². The molecule has 1 aliphatic heterocycles. The lowest BCUT2D eigenvalue weighted by Gasteiger charge is -2.25. The highest BCUT2D eigenvalue weighted by Crippen LogP contribution is 2.29. The smallest absolute Gasteiger partial charge is 0.137 e. The fraction of sp³-hybridized carbons (Fsp3) is 0.765. The summed E-state index contributed by atoms with van der Waals surface area (Å²) in [4.78, 5) is 11.7. The first-order valence-electron chi connectivity index (χ1n) is 8.37. The summed E-state index contributed by atoms with van der Waals surface area (Å²) in [5.41, 5.74) is 1.19. The van der Waals surface area contributed by atoms with Gasteiger partial charge in [0.15, 0.2) is 0 Å². The molecule has 4 nitrogen and oxygen atoms in total. The zero-order valence-corrected chi connectivity index (χ0v) is 14.2. The van der Waals surface area contributed by atoms with Crippen LogP contribution in [-0.4, -0.2) is 29.6 Å². The van der Waals surface area contributed by atoms with Gasteiger partial charge in [0.1, 0.15) is 17.5 Å². The number of rotatable bonds is 4. The van der Waals surface area contributed by atoms with Gasteiger partial charge in [-0.05, 0) is 51.9 Å². The third-order valence-corrected chi connectivity index (χ3v) is 4.59. The van der Waals surface area contributed by atoms with E-state index in [-0.39, 0.29) is 0 Å². The number of anilines is 2. The minimum absolute atomic E-state index is 0.788.